The quantitative estimate of drug-likeness (QED) is 0.573. The number of fused-ring (bicyclic) bond motifs is 1. The van der Waals surface area contributed by atoms with Gasteiger partial charge in [-0.25, -0.2) is 0 Å². The van der Waals surface area contributed by atoms with E-state index in [1.807, 2.05) is 0 Å². The van der Waals surface area contributed by atoms with Crippen LogP contribution >= 0.6 is 0 Å². The molecular weight excluding hydrogens is 246 g/mol. The molecule has 0 N–H and O–H groups in total. The fourth-order valence-electron chi connectivity index (χ4n) is 5.01. The average molecular weight is 277 g/mol. The van der Waals surface area contributed by atoms with Crippen molar-refractivity contribution in [1.82, 2.24) is 4.90 Å². The van der Waals surface area contributed by atoms with E-state index in [1.54, 1.807) is 0 Å². The second-order valence-electron chi connectivity index (χ2n) is 7.72. The summed E-state index contributed by atoms with van der Waals surface area (Å²) in [5.41, 5.74) is -0.00198. The minimum absolute atomic E-state index is 0.00198. The molecule has 2 saturated carbocycles. The first kappa shape index (κ1) is 14.6. The summed E-state index contributed by atoms with van der Waals surface area (Å²) in [6, 6.07) is 0. The van der Waals surface area contributed by atoms with Crippen molar-refractivity contribution in [3.05, 3.63) is 0 Å². The molecule has 0 radical (unpaired) electrons. The van der Waals surface area contributed by atoms with Crippen LogP contribution < -0.4 is 0 Å². The van der Waals surface area contributed by atoms with Crippen LogP contribution in [-0.2, 0) is 4.79 Å². The van der Waals surface area contributed by atoms with Gasteiger partial charge in [-0.05, 0) is 44.1 Å². The Balaban J connectivity index is 1.59. The summed E-state index contributed by atoms with van der Waals surface area (Å²) in [4.78, 5) is 14.4. The number of nitrogens with zero attached hydrogens (tertiary/aromatic N) is 1. The molecule has 1 saturated heterocycles. The van der Waals surface area contributed by atoms with E-state index in [0.29, 0.717) is 0 Å². The fraction of sp³-hybridized carbons (Fsp3) is 0.944. The van der Waals surface area contributed by atoms with Gasteiger partial charge in [0.2, 0.25) is 0 Å². The van der Waals surface area contributed by atoms with E-state index in [2.05, 4.69) is 4.90 Å². The molecule has 1 heterocycles. The molecule has 0 aromatic rings. The number of hydrogen-bond donors (Lipinski definition) is 0. The van der Waals surface area contributed by atoms with Crippen LogP contribution in [0.5, 0.6) is 0 Å². The van der Waals surface area contributed by atoms with Gasteiger partial charge < -0.3 is 9.69 Å². The second-order valence-corrected chi connectivity index (χ2v) is 7.72. The van der Waals surface area contributed by atoms with Crippen molar-refractivity contribution < 1.29 is 4.79 Å². The number of rotatable bonds is 3. The van der Waals surface area contributed by atoms with Crippen molar-refractivity contribution in [3.8, 4) is 0 Å². The first-order chi connectivity index (χ1) is 9.81. The summed E-state index contributed by atoms with van der Waals surface area (Å²) in [6.45, 7) is 3.58. The van der Waals surface area contributed by atoms with Crippen molar-refractivity contribution >= 4 is 6.29 Å². The van der Waals surface area contributed by atoms with Gasteiger partial charge in [-0.1, -0.05) is 44.9 Å². The Kier molecular flexibility index (Phi) is 4.80. The molecule has 1 aliphatic heterocycles. The highest BCUT2D eigenvalue weighted by Gasteiger charge is 2.37. The van der Waals surface area contributed by atoms with Crippen LogP contribution in [0, 0.1) is 17.3 Å². The Labute approximate surface area is 124 Å². The van der Waals surface area contributed by atoms with Crippen LogP contribution in [0.4, 0.5) is 0 Å². The van der Waals surface area contributed by atoms with Gasteiger partial charge in [0.25, 0.3) is 0 Å². The van der Waals surface area contributed by atoms with Gasteiger partial charge in [-0.3, -0.25) is 0 Å². The van der Waals surface area contributed by atoms with Gasteiger partial charge in [0, 0.05) is 18.5 Å². The van der Waals surface area contributed by atoms with Crippen LogP contribution in [0.1, 0.15) is 70.6 Å². The minimum Gasteiger partial charge on any atom is -0.303 e. The topological polar surface area (TPSA) is 20.3 Å². The first-order valence-electron chi connectivity index (χ1n) is 9.00. The summed E-state index contributed by atoms with van der Waals surface area (Å²) in [5, 5.41) is 0. The van der Waals surface area contributed by atoms with Crippen LogP contribution in [0.2, 0.25) is 0 Å². The van der Waals surface area contributed by atoms with Crippen LogP contribution in [0.15, 0.2) is 0 Å². The molecule has 0 aromatic heterocycles. The molecule has 3 aliphatic rings. The largest absolute Gasteiger partial charge is 0.303 e. The van der Waals surface area contributed by atoms with E-state index in [0.717, 1.165) is 31.2 Å². The van der Waals surface area contributed by atoms with Gasteiger partial charge in [-0.15, -0.1) is 0 Å². The molecule has 20 heavy (non-hydrogen) atoms. The standard InChI is InChI=1S/C18H31NO/c20-15-18(10-5-1-2-6-11-18)14-19-12-9-16-7-3-4-8-17(16)13-19/h15-17H,1-14H2. The number of hydrogen-bond acceptors (Lipinski definition) is 2. The number of carbonyl (C=O) groups excluding carboxylic acids is 1. The highest BCUT2D eigenvalue weighted by atomic mass is 16.1. The van der Waals surface area contributed by atoms with E-state index < -0.39 is 0 Å². The third kappa shape index (κ3) is 3.27. The Morgan fingerprint density at radius 3 is 2.30 bits per heavy atom. The van der Waals surface area contributed by atoms with Gasteiger partial charge in [0.1, 0.15) is 6.29 Å². The van der Waals surface area contributed by atoms with E-state index in [4.69, 9.17) is 0 Å². The van der Waals surface area contributed by atoms with Gasteiger partial charge in [0.05, 0.1) is 0 Å². The SMILES string of the molecule is O=CC1(CN2CCC3CCCCC3C2)CCCCCC1. The summed E-state index contributed by atoms with van der Waals surface area (Å²) in [6.07, 6.45) is 16.0. The zero-order valence-corrected chi connectivity index (χ0v) is 13.0. The molecular formula is C18H31NO. The van der Waals surface area contributed by atoms with E-state index in [9.17, 15) is 4.79 Å². The van der Waals surface area contributed by atoms with Crippen molar-refractivity contribution in [2.24, 2.45) is 17.3 Å². The Bertz CT molecular complexity index is 319. The predicted molar refractivity (Wildman–Crippen MR) is 82.7 cm³/mol. The highest BCUT2D eigenvalue weighted by molar-refractivity contribution is 5.59. The summed E-state index contributed by atoms with van der Waals surface area (Å²) >= 11 is 0. The average Bonchev–Trinajstić information content (AvgIpc) is 2.73. The fourth-order valence-corrected chi connectivity index (χ4v) is 5.01. The van der Waals surface area contributed by atoms with Crippen molar-refractivity contribution in [1.29, 1.82) is 0 Å². The second kappa shape index (κ2) is 6.60. The van der Waals surface area contributed by atoms with Gasteiger partial charge in [0.15, 0.2) is 0 Å². The molecule has 2 unspecified atom stereocenters. The lowest BCUT2D eigenvalue weighted by Gasteiger charge is -2.44. The molecule has 0 bridgehead atoms. The van der Waals surface area contributed by atoms with E-state index in [1.165, 1.54) is 77.2 Å². The maximum Gasteiger partial charge on any atom is 0.127 e. The summed E-state index contributed by atoms with van der Waals surface area (Å²) in [7, 11) is 0. The van der Waals surface area contributed by atoms with Gasteiger partial charge >= 0.3 is 0 Å². The van der Waals surface area contributed by atoms with Crippen LogP contribution in [0.25, 0.3) is 0 Å². The summed E-state index contributed by atoms with van der Waals surface area (Å²) < 4.78 is 0. The monoisotopic (exact) mass is 277 g/mol. The van der Waals surface area contributed by atoms with Crippen molar-refractivity contribution in [2.45, 2.75) is 70.6 Å². The Hall–Kier alpha value is -0.370. The molecule has 3 fully saturated rings. The molecule has 2 aliphatic carbocycles. The number of likely N-dealkylation sites (tertiary alicyclic amines) is 1. The molecule has 2 nitrogen and oxygen atoms in total. The minimum atomic E-state index is -0.00198. The number of carbonyl (C=O) groups is 1. The third-order valence-corrected chi connectivity index (χ3v) is 6.26. The molecule has 0 amide bonds. The summed E-state index contributed by atoms with van der Waals surface area (Å²) in [5.74, 6) is 1.94. The lowest BCUT2D eigenvalue weighted by atomic mass is 9.74. The highest BCUT2D eigenvalue weighted by Crippen LogP contribution is 2.39. The zero-order chi connectivity index (χ0) is 13.8. The van der Waals surface area contributed by atoms with Gasteiger partial charge in [-0.2, -0.15) is 0 Å². The lowest BCUT2D eigenvalue weighted by molar-refractivity contribution is -0.118. The molecule has 114 valence electrons. The zero-order valence-electron chi connectivity index (χ0n) is 13.0. The third-order valence-electron chi connectivity index (χ3n) is 6.26. The molecule has 2 atom stereocenters. The number of piperidine rings is 1. The van der Waals surface area contributed by atoms with Crippen molar-refractivity contribution in [2.75, 3.05) is 19.6 Å². The molecule has 0 spiro atoms. The molecule has 2 heteroatoms. The maximum absolute atomic E-state index is 11.8. The maximum atomic E-state index is 11.8. The normalized spacial score (nSPS) is 35.0. The molecule has 0 aromatic carbocycles. The first-order valence-corrected chi connectivity index (χ1v) is 9.00. The van der Waals surface area contributed by atoms with E-state index >= 15 is 0 Å². The predicted octanol–water partition coefficient (Wildman–Crippen LogP) is 4.04. The van der Waals surface area contributed by atoms with E-state index in [-0.39, 0.29) is 5.41 Å². The Morgan fingerprint density at radius 2 is 1.60 bits per heavy atom. The van der Waals surface area contributed by atoms with Crippen molar-refractivity contribution in [3.63, 3.8) is 0 Å². The van der Waals surface area contributed by atoms with Crippen LogP contribution in [0.3, 0.4) is 0 Å². The van der Waals surface area contributed by atoms with Crippen LogP contribution in [-0.4, -0.2) is 30.8 Å². The Morgan fingerprint density at radius 1 is 0.900 bits per heavy atom. The smallest absolute Gasteiger partial charge is 0.127 e. The molecule has 3 rings (SSSR count). The number of aldehydes is 1. The lowest BCUT2D eigenvalue weighted by Crippen LogP contribution is -2.47.